The van der Waals surface area contributed by atoms with Crippen molar-refractivity contribution in [2.75, 3.05) is 13.1 Å². The molecule has 1 aliphatic rings. The van der Waals surface area contributed by atoms with E-state index in [1.807, 2.05) is 31.1 Å². The van der Waals surface area contributed by atoms with Gasteiger partial charge in [0, 0.05) is 6.54 Å². The maximum Gasteiger partial charge on any atom is 0.240 e. The summed E-state index contributed by atoms with van der Waals surface area (Å²) in [5.74, 6) is 1.90. The monoisotopic (exact) mass is 525 g/mol. The number of likely N-dealkylation sites (tertiary alicyclic amines) is 1. The van der Waals surface area contributed by atoms with E-state index in [9.17, 15) is 4.79 Å². The van der Waals surface area contributed by atoms with Gasteiger partial charge in [-0.1, -0.05) is 69.3 Å². The minimum absolute atomic E-state index is 0.0118. The van der Waals surface area contributed by atoms with Gasteiger partial charge < -0.3 is 25.9 Å². The molecule has 1 aliphatic heterocycles. The molecule has 2 atom stereocenters. The summed E-state index contributed by atoms with van der Waals surface area (Å²) >= 11 is 0. The Bertz CT molecular complexity index is 1370. The first-order chi connectivity index (χ1) is 18.9. The zero-order chi connectivity index (χ0) is 27.4. The van der Waals surface area contributed by atoms with E-state index in [2.05, 4.69) is 80.7 Å². The molecular weight excluding hydrogens is 486 g/mol. The average molecular weight is 526 g/mol. The second-order valence-electron chi connectivity index (χ2n) is 10.7. The van der Waals surface area contributed by atoms with E-state index in [-0.39, 0.29) is 17.9 Å². The van der Waals surface area contributed by atoms with Gasteiger partial charge in [0.15, 0.2) is 0 Å². The van der Waals surface area contributed by atoms with Crippen LogP contribution in [0.1, 0.15) is 57.7 Å². The van der Waals surface area contributed by atoms with Gasteiger partial charge in [-0.2, -0.15) is 0 Å². The van der Waals surface area contributed by atoms with Crippen LogP contribution in [0.5, 0.6) is 0 Å². The highest BCUT2D eigenvalue weighted by Crippen LogP contribution is 2.33. The van der Waals surface area contributed by atoms with Crippen molar-refractivity contribution >= 4 is 5.91 Å². The van der Waals surface area contributed by atoms with Crippen molar-refractivity contribution in [2.45, 2.75) is 58.7 Å². The SMILES string of the molecule is CCCNCc1ncc(-c2ccc(-c3ccc(-c4cnc(C5CCCN5C(=O)C(N)C(C)C)[nH]4)cc3)cc2)[nH]1. The highest BCUT2D eigenvalue weighted by molar-refractivity contribution is 5.82. The van der Waals surface area contributed by atoms with Crippen molar-refractivity contribution in [2.24, 2.45) is 11.7 Å². The van der Waals surface area contributed by atoms with Gasteiger partial charge >= 0.3 is 0 Å². The molecule has 1 amide bonds. The molecule has 2 aromatic carbocycles. The van der Waals surface area contributed by atoms with Gasteiger partial charge in [-0.25, -0.2) is 9.97 Å². The average Bonchev–Trinajstić information content (AvgIpc) is 3.73. The van der Waals surface area contributed by atoms with Crippen molar-refractivity contribution in [3.8, 4) is 33.6 Å². The molecule has 0 radical (unpaired) electrons. The molecule has 1 fully saturated rings. The number of carbonyl (C=O) groups is 1. The molecule has 204 valence electrons. The fraction of sp³-hybridized carbons (Fsp3) is 0.387. The van der Waals surface area contributed by atoms with Gasteiger partial charge in [-0.3, -0.25) is 4.79 Å². The Morgan fingerprint density at radius 1 is 0.974 bits per heavy atom. The van der Waals surface area contributed by atoms with Gasteiger partial charge in [0.05, 0.1) is 42.4 Å². The zero-order valence-electron chi connectivity index (χ0n) is 23.1. The molecule has 5 N–H and O–H groups in total. The van der Waals surface area contributed by atoms with Gasteiger partial charge in [-0.15, -0.1) is 0 Å². The molecule has 2 aromatic heterocycles. The quantitative estimate of drug-likeness (QED) is 0.210. The van der Waals surface area contributed by atoms with Gasteiger partial charge in [0.1, 0.15) is 11.6 Å². The second-order valence-corrected chi connectivity index (χ2v) is 10.7. The number of nitrogens with one attached hydrogen (secondary N) is 3. The molecule has 0 aliphatic carbocycles. The maximum atomic E-state index is 12.9. The van der Waals surface area contributed by atoms with Crippen molar-refractivity contribution in [1.82, 2.24) is 30.2 Å². The standard InChI is InChI=1S/C31H39N7O/c1-4-15-33-19-28-34-17-25(36-28)23-11-7-21(8-12-23)22-9-13-24(14-10-22)26-18-35-30(37-26)27-6-5-16-38(27)31(39)29(32)20(2)3/h7-14,17-18,20,27,29,33H,4-6,15-16,19,32H2,1-3H3,(H,34,36)(H,35,37). The number of rotatable bonds is 10. The number of nitrogens with zero attached hydrogens (tertiary/aromatic N) is 3. The predicted molar refractivity (Wildman–Crippen MR) is 156 cm³/mol. The lowest BCUT2D eigenvalue weighted by molar-refractivity contribution is -0.134. The smallest absolute Gasteiger partial charge is 0.240 e. The van der Waals surface area contributed by atoms with Crippen LogP contribution in [0.4, 0.5) is 0 Å². The van der Waals surface area contributed by atoms with E-state index in [1.165, 1.54) is 0 Å². The van der Waals surface area contributed by atoms with E-state index < -0.39 is 6.04 Å². The number of H-pyrrole nitrogens is 2. The molecule has 0 spiro atoms. The van der Waals surface area contributed by atoms with E-state index >= 15 is 0 Å². The van der Waals surface area contributed by atoms with Crippen LogP contribution in [0.25, 0.3) is 33.6 Å². The van der Waals surface area contributed by atoms with Crippen LogP contribution in [0.3, 0.4) is 0 Å². The van der Waals surface area contributed by atoms with Crippen LogP contribution >= 0.6 is 0 Å². The lowest BCUT2D eigenvalue weighted by Gasteiger charge is -2.27. The maximum absolute atomic E-state index is 12.9. The largest absolute Gasteiger partial charge is 0.341 e. The van der Waals surface area contributed by atoms with Crippen LogP contribution in [0, 0.1) is 5.92 Å². The minimum Gasteiger partial charge on any atom is -0.341 e. The third-order valence-electron chi connectivity index (χ3n) is 7.52. The highest BCUT2D eigenvalue weighted by atomic mass is 16.2. The first kappa shape index (κ1) is 26.8. The lowest BCUT2D eigenvalue weighted by atomic mass is 10.0. The van der Waals surface area contributed by atoms with Crippen molar-refractivity contribution < 1.29 is 4.79 Å². The Balaban J connectivity index is 1.25. The summed E-state index contributed by atoms with van der Waals surface area (Å²) in [5.41, 5.74) is 12.6. The molecule has 8 heteroatoms. The zero-order valence-corrected chi connectivity index (χ0v) is 23.1. The molecule has 1 saturated heterocycles. The molecule has 0 bridgehead atoms. The number of hydrogen-bond donors (Lipinski definition) is 4. The van der Waals surface area contributed by atoms with Crippen LogP contribution in [0.2, 0.25) is 0 Å². The van der Waals surface area contributed by atoms with Crippen molar-refractivity contribution in [1.29, 1.82) is 0 Å². The van der Waals surface area contributed by atoms with Crippen molar-refractivity contribution in [3.05, 3.63) is 72.6 Å². The number of aromatic amines is 2. The first-order valence-corrected chi connectivity index (χ1v) is 14.0. The van der Waals surface area contributed by atoms with Crippen LogP contribution in [-0.4, -0.2) is 49.9 Å². The number of amides is 1. The number of aromatic nitrogens is 4. The Hall–Kier alpha value is -3.75. The van der Waals surface area contributed by atoms with E-state index in [1.54, 1.807) is 0 Å². The van der Waals surface area contributed by atoms with Crippen LogP contribution in [-0.2, 0) is 11.3 Å². The molecule has 5 rings (SSSR count). The summed E-state index contributed by atoms with van der Waals surface area (Å²) < 4.78 is 0. The number of hydrogen-bond acceptors (Lipinski definition) is 5. The fourth-order valence-electron chi connectivity index (χ4n) is 5.11. The summed E-state index contributed by atoms with van der Waals surface area (Å²) in [5, 5.41) is 3.37. The predicted octanol–water partition coefficient (Wildman–Crippen LogP) is 5.28. The Morgan fingerprint density at radius 3 is 2.18 bits per heavy atom. The summed E-state index contributed by atoms with van der Waals surface area (Å²) in [6.45, 7) is 8.59. The first-order valence-electron chi connectivity index (χ1n) is 14.0. The van der Waals surface area contributed by atoms with E-state index in [0.717, 1.165) is 84.2 Å². The molecule has 8 nitrogen and oxygen atoms in total. The normalized spacial score (nSPS) is 16.2. The second kappa shape index (κ2) is 12.0. The minimum atomic E-state index is -0.480. The third-order valence-corrected chi connectivity index (χ3v) is 7.52. The molecule has 0 saturated carbocycles. The number of benzene rings is 2. The van der Waals surface area contributed by atoms with Crippen molar-refractivity contribution in [3.63, 3.8) is 0 Å². The summed E-state index contributed by atoms with van der Waals surface area (Å²) in [4.78, 5) is 30.8. The lowest BCUT2D eigenvalue weighted by Crippen LogP contribution is -2.46. The Kier molecular flexibility index (Phi) is 8.24. The molecule has 4 aromatic rings. The molecule has 2 unspecified atom stereocenters. The molecule has 39 heavy (non-hydrogen) atoms. The topological polar surface area (TPSA) is 116 Å². The van der Waals surface area contributed by atoms with Gasteiger partial charge in [-0.05, 0) is 54.0 Å². The Morgan fingerprint density at radius 2 is 1.56 bits per heavy atom. The van der Waals surface area contributed by atoms with E-state index in [4.69, 9.17) is 5.73 Å². The van der Waals surface area contributed by atoms with E-state index in [0.29, 0.717) is 0 Å². The fourth-order valence-corrected chi connectivity index (χ4v) is 5.11. The third kappa shape index (κ3) is 5.97. The van der Waals surface area contributed by atoms with Crippen LogP contribution in [0.15, 0.2) is 60.9 Å². The number of nitrogens with two attached hydrogens (primary N) is 1. The highest BCUT2D eigenvalue weighted by Gasteiger charge is 2.35. The summed E-state index contributed by atoms with van der Waals surface area (Å²) in [6, 6.07) is 16.5. The number of carbonyl (C=O) groups excluding carboxylic acids is 1. The van der Waals surface area contributed by atoms with Gasteiger partial charge in [0.25, 0.3) is 0 Å². The number of imidazole rings is 2. The molecule has 3 heterocycles. The van der Waals surface area contributed by atoms with Crippen LogP contribution < -0.4 is 11.1 Å². The molecular formula is C31H39N7O. The van der Waals surface area contributed by atoms with Gasteiger partial charge in [0.2, 0.25) is 5.91 Å². The summed E-state index contributed by atoms with van der Waals surface area (Å²) in [6.07, 6.45) is 6.72. The summed E-state index contributed by atoms with van der Waals surface area (Å²) in [7, 11) is 0. The Labute approximate surface area is 230 Å².